The fraction of sp³-hybridized carbons (Fsp3) is 0.381. The van der Waals surface area contributed by atoms with Gasteiger partial charge in [0.1, 0.15) is 5.76 Å². The molecule has 158 valence electrons. The van der Waals surface area contributed by atoms with Gasteiger partial charge in [0.25, 0.3) is 0 Å². The lowest BCUT2D eigenvalue weighted by atomic mass is 10.1. The number of hydrogen-bond donors (Lipinski definition) is 2. The summed E-state index contributed by atoms with van der Waals surface area (Å²) >= 11 is 2.83. The summed E-state index contributed by atoms with van der Waals surface area (Å²) in [6.45, 7) is 4.65. The van der Waals surface area contributed by atoms with Crippen molar-refractivity contribution in [3.63, 3.8) is 0 Å². The summed E-state index contributed by atoms with van der Waals surface area (Å²) < 4.78 is 6.04. The van der Waals surface area contributed by atoms with Crippen LogP contribution in [-0.2, 0) is 11.3 Å². The number of carbonyl (C=O) groups excluding carboxylic acids is 1. The third-order valence-corrected chi connectivity index (χ3v) is 6.97. The number of rotatable bonds is 8. The van der Waals surface area contributed by atoms with Gasteiger partial charge in [0.2, 0.25) is 11.0 Å². The van der Waals surface area contributed by atoms with E-state index in [-0.39, 0.29) is 11.2 Å². The van der Waals surface area contributed by atoms with Crippen LogP contribution in [0.5, 0.6) is 0 Å². The van der Waals surface area contributed by atoms with Crippen LogP contribution < -0.4 is 15.5 Å². The molecule has 4 rings (SSSR count). The fourth-order valence-electron chi connectivity index (χ4n) is 3.26. The van der Waals surface area contributed by atoms with Crippen LogP contribution in [0.15, 0.2) is 51.4 Å². The molecular formula is C21H25N5O2S2. The fourth-order valence-corrected chi connectivity index (χ4v) is 5.15. The van der Waals surface area contributed by atoms with Crippen LogP contribution in [-0.4, -0.2) is 34.4 Å². The van der Waals surface area contributed by atoms with E-state index >= 15 is 0 Å². The second-order valence-corrected chi connectivity index (χ2v) is 9.72. The van der Waals surface area contributed by atoms with Crippen molar-refractivity contribution in [3.05, 3.63) is 48.4 Å². The van der Waals surface area contributed by atoms with E-state index in [1.807, 2.05) is 31.2 Å². The first-order valence-electron chi connectivity index (χ1n) is 10.1. The van der Waals surface area contributed by atoms with Crippen molar-refractivity contribution < 1.29 is 9.21 Å². The van der Waals surface area contributed by atoms with E-state index in [0.717, 1.165) is 28.9 Å². The Morgan fingerprint density at radius 2 is 2.00 bits per heavy atom. The number of piperidine rings is 1. The molecule has 2 N–H and O–H groups in total. The van der Waals surface area contributed by atoms with E-state index in [1.54, 1.807) is 6.26 Å². The number of thioether (sulfide) groups is 1. The Bertz CT molecular complexity index is 937. The van der Waals surface area contributed by atoms with Crippen LogP contribution in [0.25, 0.3) is 0 Å². The van der Waals surface area contributed by atoms with Gasteiger partial charge in [-0.3, -0.25) is 4.79 Å². The molecule has 1 aromatic carbocycles. The van der Waals surface area contributed by atoms with Crippen LogP contribution in [0.3, 0.4) is 0 Å². The van der Waals surface area contributed by atoms with Gasteiger partial charge in [-0.25, -0.2) is 0 Å². The lowest BCUT2D eigenvalue weighted by Crippen LogP contribution is -2.29. The highest BCUT2D eigenvalue weighted by atomic mass is 32.2. The Morgan fingerprint density at radius 3 is 2.73 bits per heavy atom. The molecule has 3 aromatic rings. The molecule has 0 aliphatic carbocycles. The van der Waals surface area contributed by atoms with Crippen molar-refractivity contribution in [1.29, 1.82) is 0 Å². The minimum Gasteiger partial charge on any atom is -0.467 e. The SMILES string of the molecule is C[C@H](Sc1nnc(NCc2ccco2)s1)C(=O)Nc1ccc(N2CCCCC2)cc1. The minimum atomic E-state index is -0.280. The zero-order valence-corrected chi connectivity index (χ0v) is 18.5. The Morgan fingerprint density at radius 1 is 1.20 bits per heavy atom. The topological polar surface area (TPSA) is 83.3 Å². The molecule has 3 heterocycles. The van der Waals surface area contributed by atoms with Gasteiger partial charge in [-0.05, 0) is 62.6 Å². The molecule has 0 spiro atoms. The molecule has 0 bridgehead atoms. The second kappa shape index (κ2) is 9.99. The van der Waals surface area contributed by atoms with Gasteiger partial charge in [0.15, 0.2) is 4.34 Å². The predicted molar refractivity (Wildman–Crippen MR) is 122 cm³/mol. The highest BCUT2D eigenvalue weighted by Gasteiger charge is 2.18. The first kappa shape index (κ1) is 20.7. The maximum atomic E-state index is 12.6. The highest BCUT2D eigenvalue weighted by Crippen LogP contribution is 2.30. The number of amides is 1. The maximum Gasteiger partial charge on any atom is 0.237 e. The molecule has 1 aliphatic rings. The number of aromatic nitrogens is 2. The van der Waals surface area contributed by atoms with Crippen molar-refractivity contribution in [1.82, 2.24) is 10.2 Å². The summed E-state index contributed by atoms with van der Waals surface area (Å²) in [6, 6.07) is 11.9. The Labute approximate surface area is 184 Å². The van der Waals surface area contributed by atoms with E-state index in [2.05, 4.69) is 37.9 Å². The molecule has 1 aliphatic heterocycles. The van der Waals surface area contributed by atoms with Crippen LogP contribution in [0, 0.1) is 0 Å². The molecule has 1 fully saturated rings. The number of nitrogens with one attached hydrogen (secondary N) is 2. The molecule has 0 unspecified atom stereocenters. The number of benzene rings is 1. The van der Waals surface area contributed by atoms with Crippen molar-refractivity contribution in [2.45, 2.75) is 42.3 Å². The van der Waals surface area contributed by atoms with Crippen LogP contribution in [0.1, 0.15) is 31.9 Å². The zero-order valence-electron chi connectivity index (χ0n) is 16.8. The summed E-state index contributed by atoms with van der Waals surface area (Å²) in [7, 11) is 0. The van der Waals surface area contributed by atoms with E-state index in [9.17, 15) is 4.79 Å². The van der Waals surface area contributed by atoms with Gasteiger partial charge in [0, 0.05) is 24.5 Å². The summed E-state index contributed by atoms with van der Waals surface area (Å²) in [5.74, 6) is 0.782. The molecule has 0 radical (unpaired) electrons. The van der Waals surface area contributed by atoms with Crippen molar-refractivity contribution in [2.75, 3.05) is 28.6 Å². The summed E-state index contributed by atoms with van der Waals surface area (Å²) in [4.78, 5) is 15.0. The summed E-state index contributed by atoms with van der Waals surface area (Å²) in [5, 5.41) is 14.9. The van der Waals surface area contributed by atoms with Gasteiger partial charge in [-0.1, -0.05) is 23.1 Å². The van der Waals surface area contributed by atoms with Gasteiger partial charge < -0.3 is 20.0 Å². The predicted octanol–water partition coefficient (Wildman–Crippen LogP) is 4.85. The summed E-state index contributed by atoms with van der Waals surface area (Å²) in [6.07, 6.45) is 5.45. The Balaban J connectivity index is 1.26. The smallest absolute Gasteiger partial charge is 0.237 e. The molecule has 1 amide bonds. The molecule has 30 heavy (non-hydrogen) atoms. The number of anilines is 3. The molecule has 0 saturated carbocycles. The van der Waals surface area contributed by atoms with E-state index < -0.39 is 0 Å². The Kier molecular flexibility index (Phi) is 6.91. The Hall–Kier alpha value is -2.52. The molecule has 1 saturated heterocycles. The van der Waals surface area contributed by atoms with Crippen LogP contribution in [0.4, 0.5) is 16.5 Å². The van der Waals surface area contributed by atoms with Crippen molar-refractivity contribution in [2.24, 2.45) is 0 Å². The largest absolute Gasteiger partial charge is 0.467 e. The standard InChI is InChI=1S/C21H25N5O2S2/c1-15(29-21-25-24-20(30-21)22-14-18-6-5-13-28-18)19(27)23-16-7-9-17(10-8-16)26-11-3-2-4-12-26/h5-10,13,15H,2-4,11-12,14H2,1H3,(H,22,24)(H,23,27)/t15-/m0/s1. The number of hydrogen-bond acceptors (Lipinski definition) is 8. The highest BCUT2D eigenvalue weighted by molar-refractivity contribution is 8.02. The lowest BCUT2D eigenvalue weighted by molar-refractivity contribution is -0.115. The maximum absolute atomic E-state index is 12.6. The molecule has 2 aromatic heterocycles. The van der Waals surface area contributed by atoms with E-state index in [0.29, 0.717) is 11.7 Å². The molecular weight excluding hydrogens is 418 g/mol. The van der Waals surface area contributed by atoms with Crippen LogP contribution in [0.2, 0.25) is 0 Å². The molecule has 1 atom stereocenters. The number of nitrogens with zero attached hydrogens (tertiary/aromatic N) is 3. The normalized spacial score (nSPS) is 15.0. The van der Waals surface area contributed by atoms with Crippen molar-refractivity contribution >= 4 is 45.5 Å². The van der Waals surface area contributed by atoms with Gasteiger partial charge in [0.05, 0.1) is 18.1 Å². The summed E-state index contributed by atoms with van der Waals surface area (Å²) in [5.41, 5.74) is 2.03. The number of carbonyl (C=O) groups is 1. The van der Waals surface area contributed by atoms with Gasteiger partial charge in [-0.15, -0.1) is 10.2 Å². The first-order chi connectivity index (χ1) is 14.7. The van der Waals surface area contributed by atoms with E-state index in [1.165, 1.54) is 48.0 Å². The second-order valence-electron chi connectivity index (χ2n) is 7.15. The van der Waals surface area contributed by atoms with E-state index in [4.69, 9.17) is 4.42 Å². The average molecular weight is 444 g/mol. The molecule has 9 heteroatoms. The third kappa shape index (κ3) is 5.54. The quantitative estimate of drug-likeness (QED) is 0.481. The van der Waals surface area contributed by atoms with Crippen molar-refractivity contribution in [3.8, 4) is 0 Å². The van der Waals surface area contributed by atoms with Crippen LogP contribution >= 0.6 is 23.1 Å². The monoisotopic (exact) mass is 443 g/mol. The first-order valence-corrected chi connectivity index (χ1v) is 11.8. The minimum absolute atomic E-state index is 0.0500. The molecule has 7 nitrogen and oxygen atoms in total. The zero-order chi connectivity index (χ0) is 20.8. The van der Waals surface area contributed by atoms with Gasteiger partial charge in [-0.2, -0.15) is 0 Å². The third-order valence-electron chi connectivity index (χ3n) is 4.90. The lowest BCUT2D eigenvalue weighted by Gasteiger charge is -2.28. The van der Waals surface area contributed by atoms with Gasteiger partial charge >= 0.3 is 0 Å². The number of furan rings is 1. The average Bonchev–Trinajstić information content (AvgIpc) is 3.45.